The van der Waals surface area contributed by atoms with Gasteiger partial charge in [-0.25, -0.2) is 9.50 Å². The molecule has 26 heavy (non-hydrogen) atoms. The molecule has 3 aromatic rings. The summed E-state index contributed by atoms with van der Waals surface area (Å²) in [6.45, 7) is 0. The van der Waals surface area contributed by atoms with Gasteiger partial charge in [0.15, 0.2) is 0 Å². The van der Waals surface area contributed by atoms with E-state index in [1.165, 1.54) is 11.3 Å². The van der Waals surface area contributed by atoms with E-state index in [1.807, 2.05) is 5.38 Å². The Bertz CT molecular complexity index is 938. The largest absolute Gasteiger partial charge is 0.349 e. The van der Waals surface area contributed by atoms with Crippen molar-refractivity contribution in [1.82, 2.24) is 14.6 Å². The van der Waals surface area contributed by atoms with Crippen molar-refractivity contribution in [1.29, 1.82) is 0 Å². The minimum Gasteiger partial charge on any atom is -0.349 e. The molecule has 1 aliphatic rings. The topological polar surface area (TPSA) is 97.3 Å². The number of amides is 1. The summed E-state index contributed by atoms with van der Waals surface area (Å²) in [5.74, 6) is 0.197. The molecule has 1 amide bonds. The molecule has 3 heterocycles. The second kappa shape index (κ2) is 7.22. The number of hydrogen-bond acceptors (Lipinski definition) is 6. The summed E-state index contributed by atoms with van der Waals surface area (Å²) >= 11 is 7.43. The van der Waals surface area contributed by atoms with E-state index in [4.69, 9.17) is 17.3 Å². The summed E-state index contributed by atoms with van der Waals surface area (Å²) in [5.41, 5.74) is 7.94. The molecule has 4 rings (SSSR count). The molecule has 9 heteroatoms. The monoisotopic (exact) mass is 390 g/mol. The maximum atomic E-state index is 12.6. The van der Waals surface area contributed by atoms with Crippen molar-refractivity contribution in [3.63, 3.8) is 0 Å². The van der Waals surface area contributed by atoms with Crippen molar-refractivity contribution in [3.8, 4) is 0 Å². The number of nitrogens with two attached hydrogens (primary N) is 1. The minimum absolute atomic E-state index is 0.0937. The van der Waals surface area contributed by atoms with Crippen LogP contribution in [0.3, 0.4) is 0 Å². The molecular formula is C17H19ClN6OS. The molecule has 0 spiro atoms. The van der Waals surface area contributed by atoms with Gasteiger partial charge in [-0.05, 0) is 36.4 Å². The first-order valence-corrected chi connectivity index (χ1v) is 9.79. The lowest BCUT2D eigenvalue weighted by molar-refractivity contribution is 0.102. The highest BCUT2D eigenvalue weighted by Gasteiger charge is 2.23. The second-order valence-corrected chi connectivity index (χ2v) is 7.92. The van der Waals surface area contributed by atoms with Crippen LogP contribution in [0.5, 0.6) is 0 Å². The summed E-state index contributed by atoms with van der Waals surface area (Å²) in [5, 5.41) is 12.4. The molecule has 0 aromatic carbocycles. The van der Waals surface area contributed by atoms with Crippen LogP contribution in [0.15, 0.2) is 29.8 Å². The van der Waals surface area contributed by atoms with Gasteiger partial charge in [-0.3, -0.25) is 4.79 Å². The van der Waals surface area contributed by atoms with E-state index >= 15 is 0 Å². The summed E-state index contributed by atoms with van der Waals surface area (Å²) in [4.78, 5) is 17.0. The van der Waals surface area contributed by atoms with E-state index < -0.39 is 0 Å². The number of carbonyl (C=O) groups excluding carboxylic acids is 1. The van der Waals surface area contributed by atoms with Crippen molar-refractivity contribution in [3.05, 3.63) is 39.8 Å². The lowest BCUT2D eigenvalue weighted by atomic mass is 9.91. The SMILES string of the molecule is N[C@H]1CCCC[C@H]1Nc1ncc2ccc(C(=O)Nc3ccsc3Cl)n2n1. The van der Waals surface area contributed by atoms with Crippen molar-refractivity contribution in [2.75, 3.05) is 10.6 Å². The van der Waals surface area contributed by atoms with Gasteiger partial charge < -0.3 is 16.4 Å². The van der Waals surface area contributed by atoms with Crippen LogP contribution in [0.4, 0.5) is 11.6 Å². The predicted octanol–water partition coefficient (Wildman–Crippen LogP) is 3.38. The van der Waals surface area contributed by atoms with Crippen molar-refractivity contribution < 1.29 is 4.79 Å². The zero-order valence-corrected chi connectivity index (χ0v) is 15.6. The van der Waals surface area contributed by atoms with Crippen LogP contribution >= 0.6 is 22.9 Å². The molecule has 0 unspecified atom stereocenters. The minimum atomic E-state index is -0.274. The van der Waals surface area contributed by atoms with Gasteiger partial charge in [-0.2, -0.15) is 0 Å². The summed E-state index contributed by atoms with van der Waals surface area (Å²) in [6.07, 6.45) is 5.99. The number of aromatic nitrogens is 3. The third-order valence-electron chi connectivity index (χ3n) is 4.63. The zero-order chi connectivity index (χ0) is 18.1. The zero-order valence-electron chi connectivity index (χ0n) is 14.0. The van der Waals surface area contributed by atoms with Gasteiger partial charge in [-0.1, -0.05) is 24.4 Å². The second-order valence-electron chi connectivity index (χ2n) is 6.40. The highest BCUT2D eigenvalue weighted by molar-refractivity contribution is 7.15. The molecule has 0 radical (unpaired) electrons. The molecule has 1 aliphatic carbocycles. The number of carbonyl (C=O) groups is 1. The molecule has 1 saturated carbocycles. The van der Waals surface area contributed by atoms with E-state index in [0.29, 0.717) is 21.7 Å². The third-order valence-corrected chi connectivity index (χ3v) is 5.80. The van der Waals surface area contributed by atoms with Crippen LogP contribution in [0.1, 0.15) is 36.2 Å². The van der Waals surface area contributed by atoms with Gasteiger partial charge in [-0.15, -0.1) is 16.4 Å². The van der Waals surface area contributed by atoms with Crippen LogP contribution in [-0.4, -0.2) is 32.6 Å². The number of hydrogen-bond donors (Lipinski definition) is 3. The Morgan fingerprint density at radius 3 is 2.92 bits per heavy atom. The molecule has 3 aromatic heterocycles. The van der Waals surface area contributed by atoms with E-state index in [2.05, 4.69) is 20.7 Å². The maximum absolute atomic E-state index is 12.6. The molecular weight excluding hydrogens is 372 g/mol. The van der Waals surface area contributed by atoms with Gasteiger partial charge in [0.25, 0.3) is 5.91 Å². The standard InChI is InChI=1S/C17H19ClN6OS/c18-15-13(7-8-26-15)21-16(25)14-6-5-10-9-20-17(23-24(10)14)22-12-4-2-1-3-11(12)19/h5-9,11-12H,1-4,19H2,(H,21,25)(H,22,23)/t11-,12+/m0/s1. The van der Waals surface area contributed by atoms with E-state index in [0.717, 1.165) is 31.2 Å². The fourth-order valence-electron chi connectivity index (χ4n) is 3.21. The Hall–Kier alpha value is -2.16. The quantitative estimate of drug-likeness (QED) is 0.634. The number of nitrogens with one attached hydrogen (secondary N) is 2. The molecule has 2 atom stereocenters. The number of nitrogens with zero attached hydrogens (tertiary/aromatic N) is 3. The number of anilines is 2. The van der Waals surface area contributed by atoms with E-state index in [-0.39, 0.29) is 18.0 Å². The van der Waals surface area contributed by atoms with Crippen molar-refractivity contribution >= 4 is 46.0 Å². The Balaban J connectivity index is 1.58. The molecule has 0 bridgehead atoms. The van der Waals surface area contributed by atoms with E-state index in [1.54, 1.807) is 28.9 Å². The first-order chi connectivity index (χ1) is 12.6. The summed E-state index contributed by atoms with van der Waals surface area (Å²) in [7, 11) is 0. The Labute approximate surface area is 159 Å². The van der Waals surface area contributed by atoms with Crippen LogP contribution in [0, 0.1) is 0 Å². The summed E-state index contributed by atoms with van der Waals surface area (Å²) < 4.78 is 2.13. The van der Waals surface area contributed by atoms with Gasteiger partial charge in [0.2, 0.25) is 5.95 Å². The predicted molar refractivity (Wildman–Crippen MR) is 104 cm³/mol. The lowest BCUT2D eigenvalue weighted by Gasteiger charge is -2.29. The number of thiophene rings is 1. The number of halogens is 1. The van der Waals surface area contributed by atoms with Crippen molar-refractivity contribution in [2.45, 2.75) is 37.8 Å². The van der Waals surface area contributed by atoms with Crippen LogP contribution in [0.2, 0.25) is 4.34 Å². The molecule has 7 nitrogen and oxygen atoms in total. The Morgan fingerprint density at radius 2 is 2.15 bits per heavy atom. The molecule has 4 N–H and O–H groups in total. The van der Waals surface area contributed by atoms with Gasteiger partial charge >= 0.3 is 0 Å². The Kier molecular flexibility index (Phi) is 4.80. The van der Waals surface area contributed by atoms with Crippen LogP contribution in [0.25, 0.3) is 5.52 Å². The number of fused-ring (bicyclic) bond motifs is 1. The normalized spacial score (nSPS) is 20.2. The molecule has 1 fully saturated rings. The van der Waals surface area contributed by atoms with E-state index in [9.17, 15) is 4.79 Å². The molecule has 136 valence electrons. The third kappa shape index (κ3) is 3.40. The highest BCUT2D eigenvalue weighted by atomic mass is 35.5. The average Bonchev–Trinajstić information content (AvgIpc) is 3.23. The van der Waals surface area contributed by atoms with Gasteiger partial charge in [0, 0.05) is 12.1 Å². The fraction of sp³-hybridized carbons (Fsp3) is 0.353. The highest BCUT2D eigenvalue weighted by Crippen LogP contribution is 2.28. The van der Waals surface area contributed by atoms with Crippen molar-refractivity contribution in [2.24, 2.45) is 5.73 Å². The maximum Gasteiger partial charge on any atom is 0.274 e. The molecule has 0 saturated heterocycles. The van der Waals surface area contributed by atoms with Crippen LogP contribution < -0.4 is 16.4 Å². The average molecular weight is 391 g/mol. The van der Waals surface area contributed by atoms with Gasteiger partial charge in [0.05, 0.1) is 17.4 Å². The first-order valence-electron chi connectivity index (χ1n) is 8.53. The summed E-state index contributed by atoms with van der Waals surface area (Å²) in [6, 6.07) is 5.54. The van der Waals surface area contributed by atoms with Gasteiger partial charge in [0.1, 0.15) is 10.0 Å². The molecule has 0 aliphatic heterocycles. The smallest absolute Gasteiger partial charge is 0.274 e. The lowest BCUT2D eigenvalue weighted by Crippen LogP contribution is -2.43. The first kappa shape index (κ1) is 17.3. The number of rotatable bonds is 4. The Morgan fingerprint density at radius 1 is 1.31 bits per heavy atom. The van der Waals surface area contributed by atoms with Crippen LogP contribution in [-0.2, 0) is 0 Å². The fourth-order valence-corrected chi connectivity index (χ4v) is 4.05.